The van der Waals surface area contributed by atoms with Gasteiger partial charge in [0, 0.05) is 11.8 Å². The first-order valence-electron chi connectivity index (χ1n) is 5.59. The highest BCUT2D eigenvalue weighted by Crippen LogP contribution is 2.17. The molecular weight excluding hydrogens is 192 g/mol. The maximum Gasteiger partial charge on any atom is 0.157 e. The molecule has 0 aromatic rings. The third-order valence-corrected chi connectivity index (χ3v) is 3.77. The monoisotopic (exact) mass is 214 g/mol. The molecule has 14 heavy (non-hydrogen) atoms. The predicted octanol–water partition coefficient (Wildman–Crippen LogP) is 2.89. The molecule has 1 aliphatic rings. The van der Waals surface area contributed by atoms with E-state index >= 15 is 0 Å². The third-order valence-electron chi connectivity index (χ3n) is 2.62. The van der Waals surface area contributed by atoms with Crippen LogP contribution in [0.2, 0.25) is 0 Å². The van der Waals surface area contributed by atoms with E-state index in [2.05, 4.69) is 38.0 Å². The standard InChI is InChI=1S/C11H22N2S/c1-5-8(2)6-9(3)12-11-13-10(4)7-14-11/h8-10H,5-7H2,1-4H3,(H,12,13). The molecule has 0 aromatic heterocycles. The fourth-order valence-electron chi connectivity index (χ4n) is 1.59. The zero-order valence-corrected chi connectivity index (χ0v) is 10.5. The van der Waals surface area contributed by atoms with Crippen molar-refractivity contribution in [1.82, 2.24) is 5.32 Å². The summed E-state index contributed by atoms with van der Waals surface area (Å²) in [6.07, 6.45) is 2.51. The molecule has 0 radical (unpaired) electrons. The quantitative estimate of drug-likeness (QED) is 0.778. The Morgan fingerprint density at radius 2 is 2.29 bits per heavy atom. The Hall–Kier alpha value is -0.180. The molecule has 3 heteroatoms. The fourth-order valence-corrected chi connectivity index (χ4v) is 2.61. The summed E-state index contributed by atoms with van der Waals surface area (Å²) in [4.78, 5) is 4.53. The van der Waals surface area contributed by atoms with E-state index in [-0.39, 0.29) is 0 Å². The summed E-state index contributed by atoms with van der Waals surface area (Å²) in [5.74, 6) is 1.94. The van der Waals surface area contributed by atoms with Gasteiger partial charge in [-0.3, -0.25) is 4.99 Å². The second kappa shape index (κ2) is 5.64. The Morgan fingerprint density at radius 1 is 1.57 bits per heavy atom. The summed E-state index contributed by atoms with van der Waals surface area (Å²) in [5.41, 5.74) is 0. The lowest BCUT2D eigenvalue weighted by atomic mass is 10.0. The average molecular weight is 214 g/mol. The molecule has 0 aliphatic carbocycles. The second-order valence-corrected chi connectivity index (χ2v) is 5.40. The van der Waals surface area contributed by atoms with E-state index in [1.54, 1.807) is 0 Å². The molecular formula is C11H22N2S. The molecule has 3 unspecified atom stereocenters. The number of amidine groups is 1. The van der Waals surface area contributed by atoms with Gasteiger partial charge in [-0.2, -0.15) is 0 Å². The number of nitrogens with zero attached hydrogens (tertiary/aromatic N) is 1. The smallest absolute Gasteiger partial charge is 0.157 e. The van der Waals surface area contributed by atoms with Crippen molar-refractivity contribution in [2.45, 2.75) is 52.6 Å². The van der Waals surface area contributed by atoms with Crippen molar-refractivity contribution < 1.29 is 0 Å². The average Bonchev–Trinajstić information content (AvgIpc) is 2.50. The van der Waals surface area contributed by atoms with E-state index in [4.69, 9.17) is 0 Å². The lowest BCUT2D eigenvalue weighted by Gasteiger charge is -2.17. The summed E-state index contributed by atoms with van der Waals surface area (Å²) >= 11 is 1.85. The summed E-state index contributed by atoms with van der Waals surface area (Å²) in [6.45, 7) is 8.98. The van der Waals surface area contributed by atoms with Crippen LogP contribution in [-0.2, 0) is 0 Å². The van der Waals surface area contributed by atoms with Crippen LogP contribution in [0.1, 0.15) is 40.5 Å². The highest BCUT2D eigenvalue weighted by Gasteiger charge is 2.16. The molecule has 0 bridgehead atoms. The molecule has 82 valence electrons. The molecule has 0 fully saturated rings. The lowest BCUT2D eigenvalue weighted by molar-refractivity contribution is 0.449. The summed E-state index contributed by atoms with van der Waals surface area (Å²) in [7, 11) is 0. The van der Waals surface area contributed by atoms with Crippen molar-refractivity contribution in [1.29, 1.82) is 0 Å². The zero-order valence-electron chi connectivity index (χ0n) is 9.71. The van der Waals surface area contributed by atoms with Gasteiger partial charge < -0.3 is 5.32 Å². The number of rotatable bonds is 4. The van der Waals surface area contributed by atoms with Crippen LogP contribution in [-0.4, -0.2) is 23.0 Å². The summed E-state index contributed by atoms with van der Waals surface area (Å²) in [6, 6.07) is 1.06. The second-order valence-electron chi connectivity index (χ2n) is 4.39. The van der Waals surface area contributed by atoms with Gasteiger partial charge in [-0.15, -0.1) is 0 Å². The number of thioether (sulfide) groups is 1. The van der Waals surface area contributed by atoms with Crippen molar-refractivity contribution in [3.05, 3.63) is 0 Å². The minimum absolute atomic E-state index is 0.498. The highest BCUT2D eigenvalue weighted by atomic mass is 32.2. The van der Waals surface area contributed by atoms with Crippen molar-refractivity contribution >= 4 is 16.9 Å². The van der Waals surface area contributed by atoms with Gasteiger partial charge in [-0.1, -0.05) is 32.0 Å². The minimum Gasteiger partial charge on any atom is -0.362 e. The van der Waals surface area contributed by atoms with E-state index in [9.17, 15) is 0 Å². The Kier molecular flexibility index (Phi) is 4.79. The lowest BCUT2D eigenvalue weighted by Crippen LogP contribution is -2.31. The Labute approximate surface area is 92.0 Å². The molecule has 0 amide bonds. The largest absolute Gasteiger partial charge is 0.362 e. The topological polar surface area (TPSA) is 24.4 Å². The third kappa shape index (κ3) is 3.91. The molecule has 1 aliphatic heterocycles. The molecule has 0 aromatic carbocycles. The van der Waals surface area contributed by atoms with Crippen LogP contribution in [0.15, 0.2) is 4.99 Å². The molecule has 0 saturated carbocycles. The summed E-state index contributed by atoms with van der Waals surface area (Å²) < 4.78 is 0. The molecule has 1 rings (SSSR count). The van der Waals surface area contributed by atoms with Crippen molar-refractivity contribution in [2.75, 3.05) is 5.75 Å². The van der Waals surface area contributed by atoms with E-state index in [0.29, 0.717) is 12.1 Å². The molecule has 1 heterocycles. The SMILES string of the molecule is CCC(C)CC(C)NC1=NC(C)CS1. The van der Waals surface area contributed by atoms with Gasteiger partial charge in [-0.05, 0) is 26.2 Å². The van der Waals surface area contributed by atoms with Gasteiger partial charge in [0.1, 0.15) is 0 Å². The molecule has 3 atom stereocenters. The van der Waals surface area contributed by atoms with E-state index in [1.165, 1.54) is 12.8 Å². The molecule has 2 nitrogen and oxygen atoms in total. The Morgan fingerprint density at radius 3 is 2.79 bits per heavy atom. The normalized spacial score (nSPS) is 25.7. The van der Waals surface area contributed by atoms with Gasteiger partial charge >= 0.3 is 0 Å². The van der Waals surface area contributed by atoms with Crippen LogP contribution in [0.3, 0.4) is 0 Å². The van der Waals surface area contributed by atoms with Crippen molar-refractivity contribution in [3.8, 4) is 0 Å². The Balaban J connectivity index is 2.26. The first-order chi connectivity index (χ1) is 6.61. The van der Waals surface area contributed by atoms with E-state index in [0.717, 1.165) is 16.8 Å². The zero-order chi connectivity index (χ0) is 10.6. The Bertz CT molecular complexity index is 203. The first kappa shape index (κ1) is 11.9. The number of hydrogen-bond acceptors (Lipinski definition) is 3. The number of nitrogens with one attached hydrogen (secondary N) is 1. The fraction of sp³-hybridized carbons (Fsp3) is 0.909. The molecule has 0 spiro atoms. The number of hydrogen-bond donors (Lipinski definition) is 1. The van der Waals surface area contributed by atoms with Crippen LogP contribution in [0.4, 0.5) is 0 Å². The van der Waals surface area contributed by atoms with Gasteiger partial charge in [0.15, 0.2) is 5.17 Å². The van der Waals surface area contributed by atoms with Crippen LogP contribution < -0.4 is 5.32 Å². The van der Waals surface area contributed by atoms with Gasteiger partial charge in [0.25, 0.3) is 0 Å². The van der Waals surface area contributed by atoms with Gasteiger partial charge in [-0.25, -0.2) is 0 Å². The van der Waals surface area contributed by atoms with Crippen LogP contribution in [0.5, 0.6) is 0 Å². The van der Waals surface area contributed by atoms with E-state index < -0.39 is 0 Å². The minimum atomic E-state index is 0.498. The first-order valence-corrected chi connectivity index (χ1v) is 6.57. The highest BCUT2D eigenvalue weighted by molar-refractivity contribution is 8.14. The molecule has 1 N–H and O–H groups in total. The van der Waals surface area contributed by atoms with E-state index in [1.807, 2.05) is 11.8 Å². The van der Waals surface area contributed by atoms with Crippen LogP contribution in [0.25, 0.3) is 0 Å². The van der Waals surface area contributed by atoms with Crippen LogP contribution >= 0.6 is 11.8 Å². The molecule has 0 saturated heterocycles. The van der Waals surface area contributed by atoms with Crippen LogP contribution in [0, 0.1) is 5.92 Å². The van der Waals surface area contributed by atoms with Gasteiger partial charge in [0.2, 0.25) is 0 Å². The van der Waals surface area contributed by atoms with Gasteiger partial charge in [0.05, 0.1) is 6.04 Å². The maximum absolute atomic E-state index is 4.53. The van der Waals surface area contributed by atoms with Crippen molar-refractivity contribution in [3.63, 3.8) is 0 Å². The number of aliphatic imine (C=N–C) groups is 1. The summed E-state index contributed by atoms with van der Waals surface area (Å²) in [5, 5.41) is 4.63. The van der Waals surface area contributed by atoms with Crippen molar-refractivity contribution in [2.24, 2.45) is 10.9 Å². The predicted molar refractivity (Wildman–Crippen MR) is 66.0 cm³/mol. The maximum atomic E-state index is 4.53.